The first-order valence-corrected chi connectivity index (χ1v) is 9.66. The Morgan fingerprint density at radius 3 is 2.45 bits per heavy atom. The third-order valence-electron chi connectivity index (χ3n) is 4.04. The highest BCUT2D eigenvalue weighted by Gasteiger charge is 2.16. The van der Waals surface area contributed by atoms with Crippen LogP contribution < -0.4 is 19.5 Å². The SMILES string of the molecule is COc1ccc(CNC(=O)CSc2nnnn2-c2cc(OC)ccc2OC)cc1. The molecule has 0 aliphatic rings. The van der Waals surface area contributed by atoms with E-state index in [0.29, 0.717) is 28.9 Å². The monoisotopic (exact) mass is 415 g/mol. The Labute approximate surface area is 172 Å². The van der Waals surface area contributed by atoms with Crippen LogP contribution in [0.1, 0.15) is 5.56 Å². The number of thioether (sulfide) groups is 1. The Kier molecular flexibility index (Phi) is 6.90. The van der Waals surface area contributed by atoms with E-state index < -0.39 is 0 Å². The van der Waals surface area contributed by atoms with Gasteiger partial charge in [-0.2, -0.15) is 4.68 Å². The van der Waals surface area contributed by atoms with E-state index in [4.69, 9.17) is 14.2 Å². The molecule has 0 aliphatic carbocycles. The molecule has 0 radical (unpaired) electrons. The highest BCUT2D eigenvalue weighted by Crippen LogP contribution is 2.29. The third kappa shape index (κ3) is 5.17. The second-order valence-electron chi connectivity index (χ2n) is 5.82. The van der Waals surface area contributed by atoms with Gasteiger partial charge in [-0.1, -0.05) is 23.9 Å². The summed E-state index contributed by atoms with van der Waals surface area (Å²) in [7, 11) is 4.76. The maximum Gasteiger partial charge on any atom is 0.230 e. The first-order chi connectivity index (χ1) is 14.1. The molecule has 0 saturated heterocycles. The van der Waals surface area contributed by atoms with Gasteiger partial charge in [0.15, 0.2) is 0 Å². The van der Waals surface area contributed by atoms with Crippen molar-refractivity contribution < 1.29 is 19.0 Å². The van der Waals surface area contributed by atoms with Gasteiger partial charge in [0, 0.05) is 12.6 Å². The van der Waals surface area contributed by atoms with E-state index in [9.17, 15) is 4.79 Å². The van der Waals surface area contributed by atoms with Gasteiger partial charge in [-0.3, -0.25) is 4.79 Å². The maximum atomic E-state index is 12.2. The number of hydrogen-bond acceptors (Lipinski definition) is 8. The lowest BCUT2D eigenvalue weighted by molar-refractivity contribution is -0.118. The summed E-state index contributed by atoms with van der Waals surface area (Å²) in [6.07, 6.45) is 0. The van der Waals surface area contributed by atoms with Crippen molar-refractivity contribution in [3.05, 3.63) is 48.0 Å². The fraction of sp³-hybridized carbons (Fsp3) is 0.263. The van der Waals surface area contributed by atoms with Gasteiger partial charge >= 0.3 is 0 Å². The second-order valence-corrected chi connectivity index (χ2v) is 6.77. The number of ether oxygens (including phenoxy) is 3. The van der Waals surface area contributed by atoms with E-state index in [2.05, 4.69) is 20.8 Å². The standard InChI is InChI=1S/C19H21N5O4S/c1-26-14-6-4-13(5-7-14)11-20-18(25)12-29-19-21-22-23-24(19)16-10-15(27-2)8-9-17(16)28-3/h4-10H,11-12H2,1-3H3,(H,20,25). The smallest absolute Gasteiger partial charge is 0.230 e. The van der Waals surface area contributed by atoms with Crippen molar-refractivity contribution >= 4 is 17.7 Å². The lowest BCUT2D eigenvalue weighted by Crippen LogP contribution is -2.24. The highest BCUT2D eigenvalue weighted by atomic mass is 32.2. The van der Waals surface area contributed by atoms with Gasteiger partial charge in [-0.05, 0) is 40.3 Å². The molecule has 9 nitrogen and oxygen atoms in total. The van der Waals surface area contributed by atoms with Crippen LogP contribution in [0.25, 0.3) is 5.69 Å². The predicted octanol–water partition coefficient (Wildman–Crippen LogP) is 2.10. The molecule has 2 aromatic carbocycles. The summed E-state index contributed by atoms with van der Waals surface area (Å²) in [5.41, 5.74) is 1.60. The highest BCUT2D eigenvalue weighted by molar-refractivity contribution is 7.99. The Hall–Kier alpha value is -3.27. The quantitative estimate of drug-likeness (QED) is 0.530. The number of carbonyl (C=O) groups excluding carboxylic acids is 1. The summed E-state index contributed by atoms with van der Waals surface area (Å²) < 4.78 is 17.3. The van der Waals surface area contributed by atoms with E-state index in [1.165, 1.54) is 16.4 Å². The van der Waals surface area contributed by atoms with Crippen LogP contribution in [-0.2, 0) is 11.3 Å². The van der Waals surface area contributed by atoms with Gasteiger partial charge in [-0.25, -0.2) is 0 Å². The number of nitrogens with zero attached hydrogens (tertiary/aromatic N) is 4. The molecule has 3 rings (SSSR count). The lowest BCUT2D eigenvalue weighted by atomic mass is 10.2. The van der Waals surface area contributed by atoms with E-state index >= 15 is 0 Å². The van der Waals surface area contributed by atoms with Crippen LogP contribution >= 0.6 is 11.8 Å². The van der Waals surface area contributed by atoms with E-state index in [1.54, 1.807) is 39.5 Å². The van der Waals surface area contributed by atoms with Crippen molar-refractivity contribution in [1.82, 2.24) is 25.5 Å². The number of tetrazole rings is 1. The molecule has 3 aromatic rings. The van der Waals surface area contributed by atoms with Crippen molar-refractivity contribution in [2.75, 3.05) is 27.1 Å². The molecular weight excluding hydrogens is 394 g/mol. The molecule has 1 aromatic heterocycles. The Morgan fingerprint density at radius 2 is 1.76 bits per heavy atom. The minimum Gasteiger partial charge on any atom is -0.497 e. The molecule has 1 N–H and O–H groups in total. The van der Waals surface area contributed by atoms with E-state index in [0.717, 1.165) is 11.3 Å². The summed E-state index contributed by atoms with van der Waals surface area (Å²) in [5.74, 6) is 2.05. The number of benzene rings is 2. The van der Waals surface area contributed by atoms with Crippen molar-refractivity contribution in [3.8, 4) is 22.9 Å². The number of methoxy groups -OCH3 is 3. The summed E-state index contributed by atoms with van der Waals surface area (Å²) >= 11 is 1.23. The summed E-state index contributed by atoms with van der Waals surface area (Å²) in [6.45, 7) is 0.429. The maximum absolute atomic E-state index is 12.2. The van der Waals surface area contributed by atoms with Gasteiger partial charge in [0.05, 0.1) is 27.1 Å². The number of nitrogens with one attached hydrogen (secondary N) is 1. The topological polar surface area (TPSA) is 100 Å². The number of rotatable bonds is 9. The molecule has 0 unspecified atom stereocenters. The van der Waals surface area contributed by atoms with Gasteiger partial charge in [-0.15, -0.1) is 5.10 Å². The van der Waals surface area contributed by atoms with Crippen LogP contribution in [0, 0.1) is 0 Å². The Morgan fingerprint density at radius 1 is 1.03 bits per heavy atom. The molecule has 29 heavy (non-hydrogen) atoms. The molecule has 0 aliphatic heterocycles. The average Bonchev–Trinajstić information content (AvgIpc) is 3.24. The molecule has 0 saturated carbocycles. The predicted molar refractivity (Wildman–Crippen MR) is 108 cm³/mol. The van der Waals surface area contributed by atoms with Crippen molar-refractivity contribution in [2.45, 2.75) is 11.7 Å². The Bertz CT molecular complexity index is 961. The molecule has 0 spiro atoms. The van der Waals surface area contributed by atoms with Gasteiger partial charge < -0.3 is 19.5 Å². The van der Waals surface area contributed by atoms with Crippen LogP contribution in [0.2, 0.25) is 0 Å². The Balaban J connectivity index is 1.62. The van der Waals surface area contributed by atoms with Crippen LogP contribution in [0.3, 0.4) is 0 Å². The van der Waals surface area contributed by atoms with Crippen LogP contribution in [0.4, 0.5) is 0 Å². The van der Waals surface area contributed by atoms with Crippen LogP contribution in [-0.4, -0.2) is 53.2 Å². The second kappa shape index (κ2) is 9.78. The van der Waals surface area contributed by atoms with Crippen molar-refractivity contribution in [3.63, 3.8) is 0 Å². The normalized spacial score (nSPS) is 10.4. The van der Waals surface area contributed by atoms with Crippen molar-refractivity contribution in [2.24, 2.45) is 0 Å². The minimum absolute atomic E-state index is 0.127. The molecule has 0 fully saturated rings. The number of hydrogen-bond donors (Lipinski definition) is 1. The van der Waals surface area contributed by atoms with Crippen LogP contribution in [0.5, 0.6) is 17.2 Å². The van der Waals surface area contributed by atoms with Crippen LogP contribution in [0.15, 0.2) is 47.6 Å². The van der Waals surface area contributed by atoms with Gasteiger partial charge in [0.25, 0.3) is 0 Å². The first kappa shape index (κ1) is 20.5. The molecule has 1 amide bonds. The zero-order chi connectivity index (χ0) is 20.6. The minimum atomic E-state index is -0.127. The molecule has 0 bridgehead atoms. The fourth-order valence-electron chi connectivity index (χ4n) is 2.51. The molecule has 0 atom stereocenters. The van der Waals surface area contributed by atoms with Crippen molar-refractivity contribution in [1.29, 1.82) is 0 Å². The van der Waals surface area contributed by atoms with Gasteiger partial charge in [0.1, 0.15) is 22.9 Å². The zero-order valence-electron chi connectivity index (χ0n) is 16.3. The molecule has 152 valence electrons. The zero-order valence-corrected chi connectivity index (χ0v) is 17.1. The summed E-state index contributed by atoms with van der Waals surface area (Å²) in [5, 5.41) is 15.1. The number of carbonyl (C=O) groups is 1. The molecule has 10 heteroatoms. The first-order valence-electron chi connectivity index (χ1n) is 8.67. The third-order valence-corrected chi connectivity index (χ3v) is 4.96. The molecular formula is C19H21N5O4S. The van der Waals surface area contributed by atoms with E-state index in [-0.39, 0.29) is 11.7 Å². The largest absolute Gasteiger partial charge is 0.497 e. The van der Waals surface area contributed by atoms with E-state index in [1.807, 2.05) is 24.3 Å². The average molecular weight is 415 g/mol. The number of amides is 1. The lowest BCUT2D eigenvalue weighted by Gasteiger charge is -2.11. The summed E-state index contributed by atoms with van der Waals surface area (Å²) in [4.78, 5) is 12.2. The number of aromatic nitrogens is 4. The summed E-state index contributed by atoms with van der Waals surface area (Å²) in [6, 6.07) is 12.8. The fourth-order valence-corrected chi connectivity index (χ4v) is 3.22. The van der Waals surface area contributed by atoms with Gasteiger partial charge in [0.2, 0.25) is 11.1 Å². The molecule has 1 heterocycles.